The van der Waals surface area contributed by atoms with E-state index in [0.717, 1.165) is 44.9 Å². The number of rotatable bonds is 3. The fourth-order valence-electron chi connectivity index (χ4n) is 11.9. The maximum atomic E-state index is 12.8. The Balaban J connectivity index is 1.52. The summed E-state index contributed by atoms with van der Waals surface area (Å²) in [5, 5.41) is 10.5. The molecule has 0 aliphatic heterocycles. The van der Waals surface area contributed by atoms with E-state index in [-0.39, 0.29) is 39.7 Å². The first kappa shape index (κ1) is 26.3. The Labute approximate surface area is 219 Å². The number of carbonyl (C=O) groups excluding carboxylic acids is 1. The van der Waals surface area contributed by atoms with Crippen LogP contribution in [0.1, 0.15) is 113 Å². The summed E-state index contributed by atoms with van der Waals surface area (Å²) in [7, 11) is 0. The molecular weight excluding hydrogens is 448 g/mol. The third kappa shape index (κ3) is 3.17. The minimum atomic E-state index is -0.553. The normalized spacial score (nSPS) is 51.2. The van der Waals surface area contributed by atoms with Gasteiger partial charge in [0.05, 0.1) is 5.41 Å². The van der Waals surface area contributed by atoms with E-state index in [1.165, 1.54) is 24.8 Å². The zero-order valence-corrected chi connectivity index (χ0v) is 23.9. The van der Waals surface area contributed by atoms with Crippen molar-refractivity contribution in [1.29, 1.82) is 0 Å². The van der Waals surface area contributed by atoms with Gasteiger partial charge in [0.1, 0.15) is 6.10 Å². The molecule has 202 valence electrons. The summed E-state index contributed by atoms with van der Waals surface area (Å²) in [5.41, 5.74) is 1.20. The summed E-state index contributed by atoms with van der Waals surface area (Å²) in [6, 6.07) is 0. The van der Waals surface area contributed by atoms with E-state index in [9.17, 15) is 14.7 Å². The van der Waals surface area contributed by atoms with Crippen LogP contribution in [0.25, 0.3) is 0 Å². The second-order valence-electron chi connectivity index (χ2n) is 15.1. The van der Waals surface area contributed by atoms with Crippen molar-refractivity contribution in [3.05, 3.63) is 12.2 Å². The summed E-state index contributed by atoms with van der Waals surface area (Å²) in [6.45, 7) is 20.4. The molecule has 0 radical (unpaired) electrons. The first-order valence-electron chi connectivity index (χ1n) is 14.7. The first-order valence-corrected chi connectivity index (χ1v) is 14.7. The van der Waals surface area contributed by atoms with Crippen molar-refractivity contribution >= 4 is 11.9 Å². The summed E-state index contributed by atoms with van der Waals surface area (Å²) < 4.78 is 5.88. The van der Waals surface area contributed by atoms with Crippen molar-refractivity contribution in [3.63, 3.8) is 0 Å². The minimum Gasteiger partial charge on any atom is -0.481 e. The van der Waals surface area contributed by atoms with Crippen molar-refractivity contribution < 1.29 is 19.4 Å². The van der Waals surface area contributed by atoms with Gasteiger partial charge in [-0.2, -0.15) is 0 Å². The topological polar surface area (TPSA) is 63.6 Å². The Morgan fingerprint density at radius 1 is 0.806 bits per heavy atom. The van der Waals surface area contributed by atoms with Crippen molar-refractivity contribution in [3.8, 4) is 0 Å². The molecule has 0 heterocycles. The van der Waals surface area contributed by atoms with Gasteiger partial charge < -0.3 is 9.84 Å². The van der Waals surface area contributed by atoms with Crippen molar-refractivity contribution in [2.45, 2.75) is 119 Å². The van der Waals surface area contributed by atoms with Crippen molar-refractivity contribution in [2.24, 2.45) is 56.7 Å². The van der Waals surface area contributed by atoms with E-state index >= 15 is 0 Å². The zero-order chi connectivity index (χ0) is 26.5. The van der Waals surface area contributed by atoms with Crippen LogP contribution >= 0.6 is 0 Å². The van der Waals surface area contributed by atoms with Gasteiger partial charge in [-0.05, 0) is 117 Å². The molecule has 0 spiro atoms. The molecule has 0 amide bonds. The van der Waals surface area contributed by atoms with Crippen LogP contribution in [0.2, 0.25) is 0 Å². The summed E-state index contributed by atoms with van der Waals surface area (Å²) in [5.74, 6) is 1.49. The Morgan fingerprint density at radius 2 is 1.50 bits per heavy atom. The average Bonchev–Trinajstić information content (AvgIpc) is 3.17. The Bertz CT molecular complexity index is 967. The van der Waals surface area contributed by atoms with Crippen LogP contribution in [0.5, 0.6) is 0 Å². The van der Waals surface area contributed by atoms with Crippen LogP contribution in [-0.2, 0) is 14.3 Å². The summed E-state index contributed by atoms with van der Waals surface area (Å²) >= 11 is 0. The number of allylic oxidation sites excluding steroid dienone is 1. The van der Waals surface area contributed by atoms with Crippen LogP contribution in [0, 0.1) is 56.7 Å². The van der Waals surface area contributed by atoms with Gasteiger partial charge in [-0.25, -0.2) is 0 Å². The molecule has 1 unspecified atom stereocenters. The monoisotopic (exact) mass is 498 g/mol. The predicted octanol–water partition coefficient (Wildman–Crippen LogP) is 7.66. The van der Waals surface area contributed by atoms with E-state index in [2.05, 4.69) is 48.1 Å². The molecule has 5 fully saturated rings. The number of hydrogen-bond donors (Lipinski definition) is 1. The second kappa shape index (κ2) is 8.09. The highest BCUT2D eigenvalue weighted by molar-refractivity contribution is 5.76. The van der Waals surface area contributed by atoms with Crippen LogP contribution in [0.15, 0.2) is 12.2 Å². The second-order valence-corrected chi connectivity index (χ2v) is 15.1. The Hall–Kier alpha value is -1.32. The average molecular weight is 499 g/mol. The van der Waals surface area contributed by atoms with Gasteiger partial charge >= 0.3 is 11.9 Å². The fourth-order valence-corrected chi connectivity index (χ4v) is 11.9. The Kier molecular flexibility index (Phi) is 5.91. The van der Waals surface area contributed by atoms with Crippen molar-refractivity contribution in [2.75, 3.05) is 0 Å². The number of hydrogen-bond acceptors (Lipinski definition) is 3. The van der Waals surface area contributed by atoms with E-state index in [1.54, 1.807) is 6.92 Å². The molecule has 10 atom stereocenters. The highest BCUT2D eigenvalue weighted by atomic mass is 16.5. The lowest BCUT2D eigenvalue weighted by Crippen LogP contribution is -2.67. The number of fused-ring (bicyclic) bond motifs is 7. The van der Waals surface area contributed by atoms with Gasteiger partial charge in [-0.3, -0.25) is 9.59 Å². The molecular formula is C32H50O4. The fraction of sp³-hybridized carbons (Fsp3) is 0.875. The van der Waals surface area contributed by atoms with E-state index < -0.39 is 11.4 Å². The number of ether oxygens (including phenoxy) is 1. The van der Waals surface area contributed by atoms with E-state index in [4.69, 9.17) is 4.74 Å². The van der Waals surface area contributed by atoms with Crippen LogP contribution < -0.4 is 0 Å². The van der Waals surface area contributed by atoms with Gasteiger partial charge in [-0.1, -0.05) is 46.8 Å². The molecule has 1 N–H and O–H groups in total. The lowest BCUT2D eigenvalue weighted by molar-refractivity contribution is -0.250. The molecule has 5 aliphatic carbocycles. The predicted molar refractivity (Wildman–Crippen MR) is 142 cm³/mol. The lowest BCUT2D eigenvalue weighted by atomic mass is 9.32. The molecule has 5 saturated carbocycles. The lowest BCUT2D eigenvalue weighted by Gasteiger charge is -2.72. The molecule has 36 heavy (non-hydrogen) atoms. The highest BCUT2D eigenvalue weighted by Gasteiger charge is 2.72. The van der Waals surface area contributed by atoms with E-state index in [0.29, 0.717) is 23.7 Å². The number of carbonyl (C=O) groups is 2. The maximum Gasteiger partial charge on any atom is 0.309 e. The third-order valence-corrected chi connectivity index (χ3v) is 13.7. The van der Waals surface area contributed by atoms with Gasteiger partial charge in [-0.15, -0.1) is 0 Å². The standard InChI is InChI=1S/C32H50O4/c1-19(2)21-11-16-32(27(34)35)18-17-30(7)22(26(21)32)9-10-24-29(6)14-13-25(36-20(3)33)28(4,5)23(29)12-15-31(24,30)8/h21-26H,1,9-18H2,2-8H3,(H,34,35)/t21?,22-,23+,24-,25+,26-,29+,30-,31-,32+/m1/s1. The quantitative estimate of drug-likeness (QED) is 0.320. The number of aliphatic carboxylic acids is 1. The third-order valence-electron chi connectivity index (χ3n) is 13.7. The first-order chi connectivity index (χ1) is 16.6. The number of carboxylic acids is 1. The molecule has 4 heteroatoms. The smallest absolute Gasteiger partial charge is 0.309 e. The van der Waals surface area contributed by atoms with Crippen LogP contribution in [0.3, 0.4) is 0 Å². The van der Waals surface area contributed by atoms with Gasteiger partial charge in [0.15, 0.2) is 0 Å². The number of carboxylic acid groups (broad SMARTS) is 1. The Morgan fingerprint density at radius 3 is 2.11 bits per heavy atom. The van der Waals surface area contributed by atoms with Gasteiger partial charge in [0.2, 0.25) is 0 Å². The molecule has 0 saturated heterocycles. The molecule has 5 rings (SSSR count). The summed E-state index contributed by atoms with van der Waals surface area (Å²) in [4.78, 5) is 24.7. The molecule has 4 nitrogen and oxygen atoms in total. The largest absolute Gasteiger partial charge is 0.481 e. The van der Waals surface area contributed by atoms with Crippen molar-refractivity contribution in [1.82, 2.24) is 0 Å². The van der Waals surface area contributed by atoms with Gasteiger partial charge in [0, 0.05) is 12.3 Å². The van der Waals surface area contributed by atoms with Crippen LogP contribution in [-0.4, -0.2) is 23.1 Å². The molecule has 0 aromatic heterocycles. The van der Waals surface area contributed by atoms with Crippen LogP contribution in [0.4, 0.5) is 0 Å². The molecule has 5 aliphatic rings. The summed E-state index contributed by atoms with van der Waals surface area (Å²) in [6.07, 6.45) is 10.5. The maximum absolute atomic E-state index is 12.8. The van der Waals surface area contributed by atoms with Gasteiger partial charge in [0.25, 0.3) is 0 Å². The van der Waals surface area contributed by atoms with E-state index in [1.807, 2.05) is 0 Å². The highest BCUT2D eigenvalue weighted by Crippen LogP contribution is 2.77. The zero-order valence-electron chi connectivity index (χ0n) is 23.9. The SMILES string of the molecule is C=C(C)C1CC[C@]2(C(=O)O)CC[C@]3(C)[C@H](CC[C@@H]4[C@@]5(C)CC[C@H](OC(C)=O)C(C)(C)[C@@H]5CC[C@]43C)[C@@H]12. The number of esters is 1. The molecule has 0 aromatic carbocycles. The minimum absolute atomic E-state index is 0.00466. The molecule has 0 bridgehead atoms. The molecule has 0 aromatic rings.